The van der Waals surface area contributed by atoms with Crippen LogP contribution in [0.1, 0.15) is 12.0 Å². The number of rotatable bonds is 11. The lowest BCUT2D eigenvalue weighted by Crippen LogP contribution is -2.45. The maximum atomic E-state index is 11.9. The molecule has 0 bridgehead atoms. The molecular weight excluding hydrogens is 298 g/mol. The minimum atomic E-state index is -2.75. The molecule has 0 aliphatic rings. The van der Waals surface area contributed by atoms with Crippen LogP contribution in [0.4, 0.5) is 0 Å². The predicted octanol–water partition coefficient (Wildman–Crippen LogP) is 2.13. The van der Waals surface area contributed by atoms with Crippen molar-refractivity contribution in [2.75, 3.05) is 34.4 Å². The lowest BCUT2D eigenvalue weighted by atomic mass is 10.2. The summed E-state index contributed by atoms with van der Waals surface area (Å²) in [5, 5.41) is 3.07. The molecule has 0 aliphatic carbocycles. The topological polar surface area (TPSA) is 56.8 Å². The van der Waals surface area contributed by atoms with E-state index in [1.807, 2.05) is 37.4 Å². The zero-order valence-electron chi connectivity index (χ0n) is 13.5. The molecule has 1 rings (SSSR count). The summed E-state index contributed by atoms with van der Waals surface area (Å²) in [6.07, 6.45) is 4.17. The number of benzene rings is 1. The van der Waals surface area contributed by atoms with E-state index in [4.69, 9.17) is 13.3 Å². The van der Waals surface area contributed by atoms with Gasteiger partial charge >= 0.3 is 8.80 Å². The molecule has 1 N–H and O–H groups in total. The summed E-state index contributed by atoms with van der Waals surface area (Å²) in [5.74, 6) is -0.108. The van der Waals surface area contributed by atoms with E-state index in [1.54, 1.807) is 20.3 Å². The number of nitrogens with one attached hydrogen (secondary N) is 1. The highest BCUT2D eigenvalue weighted by molar-refractivity contribution is 6.60. The summed E-state index contributed by atoms with van der Waals surface area (Å²) in [4.78, 5) is 11.9. The van der Waals surface area contributed by atoms with Crippen LogP contribution in [0.15, 0.2) is 36.4 Å². The molecule has 0 amide bonds. The van der Waals surface area contributed by atoms with Gasteiger partial charge in [0.15, 0.2) is 5.78 Å². The van der Waals surface area contributed by atoms with Gasteiger partial charge in [-0.15, -0.1) is 0 Å². The Bertz CT molecular complexity index is 460. The van der Waals surface area contributed by atoms with Gasteiger partial charge in [-0.05, 0) is 31.7 Å². The summed E-state index contributed by atoms with van der Waals surface area (Å²) in [6.45, 7) is 0.823. The van der Waals surface area contributed by atoms with Crippen LogP contribution in [0, 0.1) is 0 Å². The van der Waals surface area contributed by atoms with Crippen LogP contribution in [-0.4, -0.2) is 49.0 Å². The van der Waals surface area contributed by atoms with Crippen molar-refractivity contribution in [1.82, 2.24) is 5.32 Å². The Morgan fingerprint density at radius 2 is 1.91 bits per heavy atom. The van der Waals surface area contributed by atoms with Crippen LogP contribution in [0.3, 0.4) is 0 Å². The molecule has 1 aromatic carbocycles. The van der Waals surface area contributed by atoms with Gasteiger partial charge in [-0.2, -0.15) is 0 Å². The smallest absolute Gasteiger partial charge is 0.377 e. The third kappa shape index (κ3) is 6.63. The average molecular weight is 323 g/mol. The highest BCUT2D eigenvalue weighted by Gasteiger charge is 2.38. The predicted molar refractivity (Wildman–Crippen MR) is 89.6 cm³/mol. The van der Waals surface area contributed by atoms with Gasteiger partial charge in [-0.3, -0.25) is 4.79 Å². The molecule has 1 aromatic rings. The third-order valence-corrected chi connectivity index (χ3v) is 6.02. The average Bonchev–Trinajstić information content (AvgIpc) is 2.57. The van der Waals surface area contributed by atoms with Crippen molar-refractivity contribution in [1.29, 1.82) is 0 Å². The summed E-state index contributed by atoms with van der Waals surface area (Å²) >= 11 is 0. The van der Waals surface area contributed by atoms with Gasteiger partial charge in [0.25, 0.3) is 0 Å². The zero-order chi connectivity index (χ0) is 16.3. The highest BCUT2D eigenvalue weighted by atomic mass is 28.4. The standard InChI is InChI=1S/C16H25NO4Si/c1-17-12-7-13-22(19-2,20-3)21-14-16(18)11-10-15-8-5-4-6-9-15/h4-6,8-11,17H,7,12-14H2,1-3H3. The summed E-state index contributed by atoms with van der Waals surface area (Å²) in [6, 6.07) is 10.3. The van der Waals surface area contributed by atoms with Gasteiger partial charge in [0, 0.05) is 20.3 Å². The number of carbonyl (C=O) groups excluding carboxylic acids is 1. The molecule has 0 aromatic heterocycles. The normalized spacial score (nSPS) is 12.0. The first-order chi connectivity index (χ1) is 10.7. The van der Waals surface area contributed by atoms with Crippen LogP contribution in [0.2, 0.25) is 6.04 Å². The van der Waals surface area contributed by atoms with Crippen LogP contribution in [-0.2, 0) is 18.1 Å². The highest BCUT2D eigenvalue weighted by Crippen LogP contribution is 2.16. The van der Waals surface area contributed by atoms with Crippen LogP contribution >= 0.6 is 0 Å². The number of carbonyl (C=O) groups is 1. The van der Waals surface area contributed by atoms with E-state index in [2.05, 4.69) is 5.32 Å². The molecular formula is C16H25NO4Si. The van der Waals surface area contributed by atoms with Crippen LogP contribution in [0.25, 0.3) is 6.08 Å². The second-order valence-electron chi connectivity index (χ2n) is 4.80. The van der Waals surface area contributed by atoms with Gasteiger partial charge in [0.05, 0.1) is 0 Å². The molecule has 0 fully saturated rings. The zero-order valence-corrected chi connectivity index (χ0v) is 14.5. The van der Waals surface area contributed by atoms with Crippen molar-refractivity contribution in [2.45, 2.75) is 12.5 Å². The van der Waals surface area contributed by atoms with Crippen molar-refractivity contribution in [2.24, 2.45) is 0 Å². The first kappa shape index (κ1) is 18.7. The van der Waals surface area contributed by atoms with E-state index in [0.717, 1.165) is 18.5 Å². The van der Waals surface area contributed by atoms with Crippen molar-refractivity contribution in [3.05, 3.63) is 42.0 Å². The largest absolute Gasteiger partial charge is 0.500 e. The van der Waals surface area contributed by atoms with Gasteiger partial charge in [-0.25, -0.2) is 0 Å². The number of hydrogen-bond acceptors (Lipinski definition) is 5. The minimum Gasteiger partial charge on any atom is -0.377 e. The molecule has 5 nitrogen and oxygen atoms in total. The first-order valence-electron chi connectivity index (χ1n) is 7.30. The molecule has 0 aliphatic heterocycles. The van der Waals surface area contributed by atoms with E-state index in [9.17, 15) is 4.79 Å². The third-order valence-electron chi connectivity index (χ3n) is 3.23. The van der Waals surface area contributed by atoms with Crippen molar-refractivity contribution in [3.8, 4) is 0 Å². The maximum Gasteiger partial charge on any atom is 0.500 e. The van der Waals surface area contributed by atoms with Crippen molar-refractivity contribution in [3.63, 3.8) is 0 Å². The second kappa shape index (κ2) is 10.4. The Kier molecular flexibility index (Phi) is 8.87. The summed E-state index contributed by atoms with van der Waals surface area (Å²) < 4.78 is 16.6. The van der Waals surface area contributed by atoms with Gasteiger partial charge < -0.3 is 18.6 Å². The molecule has 0 heterocycles. The molecule has 0 atom stereocenters. The number of hydrogen-bond donors (Lipinski definition) is 1. The first-order valence-corrected chi connectivity index (χ1v) is 9.24. The molecule has 0 unspecified atom stereocenters. The van der Waals surface area contributed by atoms with Gasteiger partial charge in [-0.1, -0.05) is 36.4 Å². The fourth-order valence-corrected chi connectivity index (χ4v) is 3.87. The van der Waals surface area contributed by atoms with Gasteiger partial charge in [0.2, 0.25) is 0 Å². The van der Waals surface area contributed by atoms with Gasteiger partial charge in [0.1, 0.15) is 6.61 Å². The Morgan fingerprint density at radius 1 is 1.23 bits per heavy atom. The maximum absolute atomic E-state index is 11.9. The fourth-order valence-electron chi connectivity index (χ4n) is 1.94. The number of ketones is 1. The van der Waals surface area contributed by atoms with E-state index in [0.29, 0.717) is 6.04 Å². The molecule has 0 saturated heterocycles. The van der Waals surface area contributed by atoms with E-state index < -0.39 is 8.80 Å². The Balaban J connectivity index is 2.49. The lowest BCUT2D eigenvalue weighted by molar-refractivity contribution is -0.117. The van der Waals surface area contributed by atoms with Crippen LogP contribution in [0.5, 0.6) is 0 Å². The minimum absolute atomic E-state index is 0.0310. The van der Waals surface area contributed by atoms with Crippen molar-refractivity contribution >= 4 is 20.7 Å². The second-order valence-corrected chi connectivity index (χ2v) is 7.77. The van der Waals surface area contributed by atoms with E-state index >= 15 is 0 Å². The molecule has 122 valence electrons. The SMILES string of the molecule is CNCCC[Si](OC)(OC)OCC(=O)C=Cc1ccccc1. The van der Waals surface area contributed by atoms with Crippen molar-refractivity contribution < 1.29 is 18.1 Å². The van der Waals surface area contributed by atoms with E-state index in [-0.39, 0.29) is 12.4 Å². The molecule has 6 heteroatoms. The summed E-state index contributed by atoms with van der Waals surface area (Å²) in [7, 11) is 2.28. The lowest BCUT2D eigenvalue weighted by Gasteiger charge is -2.25. The Labute approximate surface area is 133 Å². The molecule has 0 radical (unpaired) electrons. The van der Waals surface area contributed by atoms with E-state index in [1.165, 1.54) is 6.08 Å². The monoisotopic (exact) mass is 323 g/mol. The quantitative estimate of drug-likeness (QED) is 0.384. The molecule has 0 saturated carbocycles. The Morgan fingerprint density at radius 3 is 2.50 bits per heavy atom. The fraction of sp³-hybridized carbons (Fsp3) is 0.438. The Hall–Kier alpha value is -1.31. The van der Waals surface area contributed by atoms with Crippen LogP contribution < -0.4 is 5.32 Å². The summed E-state index contributed by atoms with van der Waals surface area (Å²) in [5.41, 5.74) is 0.979. The molecule has 0 spiro atoms. The molecule has 22 heavy (non-hydrogen) atoms.